The van der Waals surface area contributed by atoms with Gasteiger partial charge < -0.3 is 10.6 Å². The number of hydrogen-bond acceptors (Lipinski definition) is 3. The van der Waals surface area contributed by atoms with E-state index in [4.69, 9.17) is 0 Å². The molecule has 1 aromatic heterocycles. The molecule has 0 aliphatic heterocycles. The number of aromatic nitrogens is 1. The molecule has 0 atom stereocenters. The van der Waals surface area contributed by atoms with Crippen LogP contribution in [0.1, 0.15) is 32.1 Å². The van der Waals surface area contributed by atoms with Crippen molar-refractivity contribution in [3.8, 4) is 0 Å². The van der Waals surface area contributed by atoms with Gasteiger partial charge in [0.2, 0.25) is 11.8 Å². The summed E-state index contributed by atoms with van der Waals surface area (Å²) in [6, 6.07) is 5.33. The highest BCUT2D eigenvalue weighted by Gasteiger charge is 2.22. The summed E-state index contributed by atoms with van der Waals surface area (Å²) >= 11 is 0. The molecular formula is C14H19N3O2. The van der Waals surface area contributed by atoms with Gasteiger partial charge in [0.15, 0.2) is 0 Å². The van der Waals surface area contributed by atoms with Crippen molar-refractivity contribution < 1.29 is 9.59 Å². The van der Waals surface area contributed by atoms with E-state index in [9.17, 15) is 9.59 Å². The Kier molecular flexibility index (Phi) is 4.89. The van der Waals surface area contributed by atoms with E-state index < -0.39 is 0 Å². The molecule has 2 rings (SSSR count). The fourth-order valence-electron chi connectivity index (χ4n) is 2.27. The van der Waals surface area contributed by atoms with Gasteiger partial charge in [0.25, 0.3) is 0 Å². The van der Waals surface area contributed by atoms with Gasteiger partial charge in [0.1, 0.15) is 5.82 Å². The highest BCUT2D eigenvalue weighted by molar-refractivity contribution is 5.90. The molecule has 1 heterocycles. The Labute approximate surface area is 112 Å². The molecule has 1 fully saturated rings. The van der Waals surface area contributed by atoms with E-state index in [2.05, 4.69) is 15.6 Å². The van der Waals surface area contributed by atoms with Gasteiger partial charge in [-0.25, -0.2) is 4.98 Å². The van der Waals surface area contributed by atoms with Crippen LogP contribution in [0.25, 0.3) is 0 Å². The molecule has 1 saturated carbocycles. The molecule has 2 N–H and O–H groups in total. The molecule has 19 heavy (non-hydrogen) atoms. The van der Waals surface area contributed by atoms with Crippen molar-refractivity contribution in [3.63, 3.8) is 0 Å². The van der Waals surface area contributed by atoms with Gasteiger partial charge in [0.05, 0.1) is 0 Å². The molecule has 0 unspecified atom stereocenters. The number of amides is 2. The number of carbonyl (C=O) groups is 2. The average molecular weight is 261 g/mol. The highest BCUT2D eigenvalue weighted by atomic mass is 16.2. The molecule has 102 valence electrons. The molecule has 5 heteroatoms. The van der Waals surface area contributed by atoms with Gasteiger partial charge in [-0.2, -0.15) is 0 Å². The Morgan fingerprint density at radius 1 is 1.26 bits per heavy atom. The normalized spacial score (nSPS) is 15.2. The monoisotopic (exact) mass is 261 g/mol. The summed E-state index contributed by atoms with van der Waals surface area (Å²) in [5.74, 6) is 0.641. The van der Waals surface area contributed by atoms with Crippen LogP contribution in [0.2, 0.25) is 0 Å². The summed E-state index contributed by atoms with van der Waals surface area (Å²) in [6.45, 7) is 0.383. The lowest BCUT2D eigenvalue weighted by Crippen LogP contribution is -2.32. The summed E-state index contributed by atoms with van der Waals surface area (Å²) in [5, 5.41) is 5.50. The van der Waals surface area contributed by atoms with Crippen molar-refractivity contribution in [2.75, 3.05) is 11.9 Å². The summed E-state index contributed by atoms with van der Waals surface area (Å²) in [5.41, 5.74) is 0. The first kappa shape index (κ1) is 13.5. The van der Waals surface area contributed by atoms with Crippen LogP contribution in [-0.2, 0) is 9.59 Å². The van der Waals surface area contributed by atoms with Gasteiger partial charge in [-0.3, -0.25) is 9.59 Å². The van der Waals surface area contributed by atoms with Crippen LogP contribution in [0.15, 0.2) is 24.4 Å². The van der Waals surface area contributed by atoms with Gasteiger partial charge in [-0.15, -0.1) is 0 Å². The van der Waals surface area contributed by atoms with E-state index in [1.165, 1.54) is 0 Å². The standard InChI is InChI=1S/C14H19N3O2/c18-13(17-12-7-3-4-9-15-12)8-10-16-14(19)11-5-1-2-6-11/h3-4,7,9,11H,1-2,5-6,8,10H2,(H,16,19)(H,15,17,18). The second-order valence-electron chi connectivity index (χ2n) is 4.79. The number of hydrogen-bond donors (Lipinski definition) is 2. The van der Waals surface area contributed by atoms with Crippen LogP contribution >= 0.6 is 0 Å². The number of pyridine rings is 1. The first-order chi connectivity index (χ1) is 9.25. The van der Waals surface area contributed by atoms with Crippen LogP contribution in [0, 0.1) is 5.92 Å². The van der Waals surface area contributed by atoms with Crippen molar-refractivity contribution in [3.05, 3.63) is 24.4 Å². The van der Waals surface area contributed by atoms with Crippen LogP contribution in [0.3, 0.4) is 0 Å². The molecule has 0 bridgehead atoms. The van der Waals surface area contributed by atoms with E-state index in [0.29, 0.717) is 12.4 Å². The average Bonchev–Trinajstić information content (AvgIpc) is 2.93. The van der Waals surface area contributed by atoms with E-state index in [1.807, 2.05) is 6.07 Å². The Morgan fingerprint density at radius 2 is 2.05 bits per heavy atom. The zero-order valence-electron chi connectivity index (χ0n) is 10.9. The highest BCUT2D eigenvalue weighted by Crippen LogP contribution is 2.24. The molecule has 1 aliphatic rings. The minimum atomic E-state index is -0.134. The molecule has 0 aromatic carbocycles. The maximum Gasteiger partial charge on any atom is 0.227 e. The maximum absolute atomic E-state index is 11.7. The third kappa shape index (κ3) is 4.35. The SMILES string of the molecule is O=C(CCNC(=O)C1CCCC1)Nc1ccccn1. The van der Waals surface area contributed by atoms with Crippen molar-refractivity contribution >= 4 is 17.6 Å². The summed E-state index contributed by atoms with van der Waals surface area (Å²) in [6.07, 6.45) is 6.13. The number of nitrogens with zero attached hydrogens (tertiary/aromatic N) is 1. The molecule has 2 amide bonds. The fraction of sp³-hybridized carbons (Fsp3) is 0.500. The number of nitrogens with one attached hydrogen (secondary N) is 2. The Morgan fingerprint density at radius 3 is 2.74 bits per heavy atom. The van der Waals surface area contributed by atoms with E-state index in [1.54, 1.807) is 18.3 Å². The van der Waals surface area contributed by atoms with Crippen LogP contribution < -0.4 is 10.6 Å². The second-order valence-corrected chi connectivity index (χ2v) is 4.79. The van der Waals surface area contributed by atoms with E-state index >= 15 is 0 Å². The quantitative estimate of drug-likeness (QED) is 0.847. The van der Waals surface area contributed by atoms with Crippen molar-refractivity contribution in [1.82, 2.24) is 10.3 Å². The summed E-state index contributed by atoms with van der Waals surface area (Å²) < 4.78 is 0. The molecule has 0 spiro atoms. The van der Waals surface area contributed by atoms with Gasteiger partial charge >= 0.3 is 0 Å². The maximum atomic E-state index is 11.7. The largest absolute Gasteiger partial charge is 0.355 e. The van der Waals surface area contributed by atoms with Gasteiger partial charge in [-0.1, -0.05) is 18.9 Å². The summed E-state index contributed by atoms with van der Waals surface area (Å²) in [7, 11) is 0. The molecular weight excluding hydrogens is 242 g/mol. The Hall–Kier alpha value is -1.91. The lowest BCUT2D eigenvalue weighted by atomic mass is 10.1. The number of rotatable bonds is 5. The topological polar surface area (TPSA) is 71.1 Å². The van der Waals surface area contributed by atoms with Crippen molar-refractivity contribution in [2.45, 2.75) is 32.1 Å². The lowest BCUT2D eigenvalue weighted by Gasteiger charge is -2.10. The third-order valence-corrected chi connectivity index (χ3v) is 3.31. The minimum Gasteiger partial charge on any atom is -0.355 e. The molecule has 0 saturated heterocycles. The van der Waals surface area contributed by atoms with Crippen LogP contribution in [0.4, 0.5) is 5.82 Å². The molecule has 5 nitrogen and oxygen atoms in total. The minimum absolute atomic E-state index is 0.0862. The summed E-state index contributed by atoms with van der Waals surface area (Å²) in [4.78, 5) is 27.3. The zero-order chi connectivity index (χ0) is 13.5. The Bertz CT molecular complexity index is 428. The lowest BCUT2D eigenvalue weighted by molar-refractivity contribution is -0.124. The second kappa shape index (κ2) is 6.87. The van der Waals surface area contributed by atoms with Crippen LogP contribution in [0.5, 0.6) is 0 Å². The molecule has 0 radical (unpaired) electrons. The Balaban J connectivity index is 1.65. The predicted molar refractivity (Wildman–Crippen MR) is 72.5 cm³/mol. The van der Waals surface area contributed by atoms with Gasteiger partial charge in [0, 0.05) is 25.1 Å². The van der Waals surface area contributed by atoms with E-state index in [-0.39, 0.29) is 24.2 Å². The first-order valence-corrected chi connectivity index (χ1v) is 6.74. The third-order valence-electron chi connectivity index (χ3n) is 3.31. The van der Waals surface area contributed by atoms with Crippen molar-refractivity contribution in [1.29, 1.82) is 0 Å². The zero-order valence-corrected chi connectivity index (χ0v) is 10.9. The smallest absolute Gasteiger partial charge is 0.227 e. The molecule has 1 aromatic rings. The van der Waals surface area contributed by atoms with Crippen LogP contribution in [-0.4, -0.2) is 23.3 Å². The molecule has 1 aliphatic carbocycles. The fourth-order valence-corrected chi connectivity index (χ4v) is 2.27. The first-order valence-electron chi connectivity index (χ1n) is 6.74. The van der Waals surface area contributed by atoms with Crippen molar-refractivity contribution in [2.24, 2.45) is 5.92 Å². The number of anilines is 1. The predicted octanol–water partition coefficient (Wildman–Crippen LogP) is 1.72. The van der Waals surface area contributed by atoms with E-state index in [0.717, 1.165) is 25.7 Å². The number of carbonyl (C=O) groups excluding carboxylic acids is 2. The van der Waals surface area contributed by atoms with Gasteiger partial charge in [-0.05, 0) is 25.0 Å².